The maximum Gasteiger partial charge on any atom is 4.00 e. The van der Waals surface area contributed by atoms with Crippen molar-refractivity contribution in [2.24, 2.45) is 0 Å². The summed E-state index contributed by atoms with van der Waals surface area (Å²) >= 11 is 0. The minimum absolute atomic E-state index is 0. The maximum atomic E-state index is 3.90. The molecule has 2 nitrogen and oxygen atoms in total. The van der Waals surface area contributed by atoms with E-state index in [0.717, 1.165) is 24.2 Å². The van der Waals surface area contributed by atoms with Gasteiger partial charge in [-0.1, -0.05) is 89.3 Å². The van der Waals surface area contributed by atoms with E-state index in [0.29, 0.717) is 0 Å². The third-order valence-corrected chi connectivity index (χ3v) is 7.69. The number of hydrogen-bond acceptors (Lipinski definition) is 2. The quantitative estimate of drug-likeness (QED) is 0.148. The van der Waals surface area contributed by atoms with Crippen molar-refractivity contribution in [1.82, 2.24) is 0 Å². The monoisotopic (exact) mass is 683 g/mol. The molecule has 3 heteroatoms. The van der Waals surface area contributed by atoms with Crippen molar-refractivity contribution in [3.63, 3.8) is 0 Å². The van der Waals surface area contributed by atoms with Gasteiger partial charge in [0.15, 0.2) is 0 Å². The van der Waals surface area contributed by atoms with Gasteiger partial charge < -0.3 is 9.80 Å². The van der Waals surface area contributed by atoms with Crippen LogP contribution in [0, 0.1) is 12.1 Å². The topological polar surface area (TPSA) is 6.48 Å². The number of fused-ring (bicyclic) bond motifs is 12. The van der Waals surface area contributed by atoms with Crippen molar-refractivity contribution >= 4 is 32.9 Å². The summed E-state index contributed by atoms with van der Waals surface area (Å²) < 4.78 is 0. The minimum Gasteiger partial charge on any atom is -0.379 e. The molecule has 39 heavy (non-hydrogen) atoms. The zero-order chi connectivity index (χ0) is 25.6. The molecule has 0 fully saturated rings. The van der Waals surface area contributed by atoms with E-state index < -0.39 is 0 Å². The molecule has 6 aromatic rings. The Kier molecular flexibility index (Phi) is 6.75. The largest absolute Gasteiger partial charge is 4.00 e. The first-order valence-corrected chi connectivity index (χ1v) is 13.1. The Hall–Kier alpha value is -3.87. The van der Waals surface area contributed by atoms with Crippen molar-refractivity contribution < 1.29 is 21.1 Å². The van der Waals surface area contributed by atoms with Crippen molar-refractivity contribution in [1.29, 1.82) is 0 Å². The summed E-state index contributed by atoms with van der Waals surface area (Å²) in [4.78, 5) is 4.69. The van der Waals surface area contributed by atoms with Crippen molar-refractivity contribution in [3.8, 4) is 22.3 Å². The molecular formula is C36H28N2Pt+2. The minimum atomic E-state index is 0. The van der Waals surface area contributed by atoms with Crippen molar-refractivity contribution in [3.05, 3.63) is 132 Å². The number of para-hydroxylation sites is 1. The Bertz CT molecular complexity index is 1820. The number of nitrogens with zero attached hydrogens (tertiary/aromatic N) is 2. The fraction of sp³-hybridized carbons (Fsp3) is 0.111. The molecule has 190 valence electrons. The van der Waals surface area contributed by atoms with Crippen LogP contribution < -0.4 is 9.80 Å². The van der Waals surface area contributed by atoms with Crippen LogP contribution in [-0.4, -0.2) is 14.1 Å². The van der Waals surface area contributed by atoms with Crippen LogP contribution in [0.15, 0.2) is 109 Å². The summed E-state index contributed by atoms with van der Waals surface area (Å²) in [7, 11) is 4.36. The molecule has 0 radical (unpaired) electrons. The molecule has 0 spiro atoms. The summed E-state index contributed by atoms with van der Waals surface area (Å²) in [6, 6.07) is 47.0. The van der Waals surface area contributed by atoms with Crippen LogP contribution in [0.2, 0.25) is 0 Å². The van der Waals surface area contributed by atoms with E-state index in [1.807, 2.05) is 0 Å². The second-order valence-electron chi connectivity index (χ2n) is 10.3. The van der Waals surface area contributed by atoms with E-state index in [4.69, 9.17) is 0 Å². The predicted octanol–water partition coefficient (Wildman–Crippen LogP) is 8.51. The van der Waals surface area contributed by atoms with Crippen LogP contribution in [0.25, 0.3) is 43.8 Å². The van der Waals surface area contributed by atoms with Gasteiger partial charge in [0.05, 0.1) is 0 Å². The van der Waals surface area contributed by atoms with Crippen LogP contribution in [-0.2, 0) is 34.2 Å². The molecule has 1 aliphatic rings. The van der Waals surface area contributed by atoms with Crippen LogP contribution in [0.5, 0.6) is 0 Å². The smallest absolute Gasteiger partial charge is 0.379 e. The van der Waals surface area contributed by atoms with E-state index in [-0.39, 0.29) is 21.1 Å². The molecule has 4 bridgehead atoms. The average Bonchev–Trinajstić information content (AvgIpc) is 2.96. The fourth-order valence-electron chi connectivity index (χ4n) is 5.91. The number of benzene rings is 6. The first-order chi connectivity index (χ1) is 18.7. The molecule has 0 saturated heterocycles. The second-order valence-corrected chi connectivity index (χ2v) is 10.3. The summed E-state index contributed by atoms with van der Waals surface area (Å²) in [5, 5.41) is 4.96. The van der Waals surface area contributed by atoms with E-state index in [2.05, 4.69) is 145 Å². The fourth-order valence-corrected chi connectivity index (χ4v) is 5.91. The molecule has 0 aromatic heterocycles. The average molecular weight is 684 g/mol. The molecule has 7 rings (SSSR count). The molecular weight excluding hydrogens is 655 g/mol. The van der Waals surface area contributed by atoms with E-state index in [1.54, 1.807) is 0 Å². The summed E-state index contributed by atoms with van der Waals surface area (Å²) in [6.45, 7) is 1.51. The maximum absolute atomic E-state index is 3.90. The zero-order valence-electron chi connectivity index (χ0n) is 22.0. The van der Waals surface area contributed by atoms with E-state index in [1.165, 1.54) is 55.2 Å². The van der Waals surface area contributed by atoms with Crippen LogP contribution >= 0.6 is 0 Å². The van der Waals surface area contributed by atoms with Crippen molar-refractivity contribution in [2.75, 3.05) is 23.9 Å². The Morgan fingerprint density at radius 2 is 1.26 bits per heavy atom. The Morgan fingerprint density at radius 3 is 2.13 bits per heavy atom. The molecule has 0 amide bonds. The van der Waals surface area contributed by atoms with Crippen LogP contribution in [0.1, 0.15) is 11.1 Å². The van der Waals surface area contributed by atoms with Gasteiger partial charge >= 0.3 is 21.1 Å². The van der Waals surface area contributed by atoms with Gasteiger partial charge in [-0.15, -0.1) is 69.4 Å². The molecule has 0 saturated carbocycles. The van der Waals surface area contributed by atoms with Crippen molar-refractivity contribution in [2.45, 2.75) is 13.1 Å². The van der Waals surface area contributed by atoms with Crippen LogP contribution in [0.4, 0.5) is 11.4 Å². The van der Waals surface area contributed by atoms with Gasteiger partial charge in [0, 0.05) is 38.6 Å². The summed E-state index contributed by atoms with van der Waals surface area (Å²) in [5.41, 5.74) is 9.45. The SMILES string of the molecule is CN1Cc2[c-]c(c3ccccc3c2)-c2c(ccc3ccccc23)N(C)Cc2[c-]c(ccc2)-c2ccccc21.[Pt+4]. The zero-order valence-corrected chi connectivity index (χ0v) is 24.3. The second kappa shape index (κ2) is 10.4. The number of anilines is 2. The molecule has 1 heterocycles. The number of hydrogen-bond donors (Lipinski definition) is 0. The van der Waals surface area contributed by atoms with Crippen LogP contribution in [0.3, 0.4) is 0 Å². The first kappa shape index (κ1) is 25.4. The Balaban J connectivity index is 0.00000277. The molecule has 0 N–H and O–H groups in total. The van der Waals surface area contributed by atoms with Gasteiger partial charge in [0.1, 0.15) is 0 Å². The van der Waals surface area contributed by atoms with Gasteiger partial charge in [0.25, 0.3) is 0 Å². The molecule has 0 unspecified atom stereocenters. The third kappa shape index (κ3) is 4.54. The third-order valence-electron chi connectivity index (χ3n) is 7.69. The summed E-state index contributed by atoms with van der Waals surface area (Å²) in [5.74, 6) is 0. The van der Waals surface area contributed by atoms with Gasteiger partial charge in [-0.2, -0.15) is 0 Å². The number of rotatable bonds is 0. The standard InChI is InChI=1S/C36H28N2.Pt/c1-37-24-26-21-28-12-4-5-14-30(28)33(22-26)36-32-16-6-3-11-27(32)18-19-35(36)38(2)23-25-10-9-13-29(20-25)31-15-7-8-17-34(31)37;/h3-19,21H,23-24H2,1-2H3;/q-2;+4. The molecule has 0 aliphatic carbocycles. The van der Waals surface area contributed by atoms with Gasteiger partial charge in [0.2, 0.25) is 0 Å². The van der Waals surface area contributed by atoms with Gasteiger partial charge in [-0.3, -0.25) is 0 Å². The van der Waals surface area contributed by atoms with Gasteiger partial charge in [-0.05, 0) is 17.5 Å². The molecule has 0 atom stereocenters. The molecule has 1 aliphatic heterocycles. The normalized spacial score (nSPS) is 12.9. The summed E-state index contributed by atoms with van der Waals surface area (Å²) in [6.07, 6.45) is 0. The van der Waals surface area contributed by atoms with Gasteiger partial charge in [-0.25, -0.2) is 0 Å². The Morgan fingerprint density at radius 1 is 0.564 bits per heavy atom. The predicted molar refractivity (Wildman–Crippen MR) is 161 cm³/mol. The first-order valence-electron chi connectivity index (χ1n) is 13.1. The van der Waals surface area contributed by atoms with E-state index >= 15 is 0 Å². The Labute approximate surface area is 244 Å². The molecule has 6 aromatic carbocycles. The van der Waals surface area contributed by atoms with E-state index in [9.17, 15) is 0 Å².